The Morgan fingerprint density at radius 2 is 2.12 bits per heavy atom. The number of likely N-dealkylation sites (N-methyl/N-ethyl adjacent to an activating group) is 1. The fourth-order valence-electron chi connectivity index (χ4n) is 2.07. The van der Waals surface area contributed by atoms with Crippen LogP contribution in [0.1, 0.15) is 30.5 Å². The molecule has 3 heteroatoms. The largest absolute Gasteiger partial charge is 0.329 e. The summed E-state index contributed by atoms with van der Waals surface area (Å²) in [5, 5.41) is 0.787. The van der Waals surface area contributed by atoms with Crippen molar-refractivity contribution in [1.82, 2.24) is 4.90 Å². The maximum atomic E-state index is 5.96. The summed E-state index contributed by atoms with van der Waals surface area (Å²) in [7, 11) is 2.12. The predicted molar refractivity (Wildman–Crippen MR) is 70.9 cm³/mol. The second-order valence-electron chi connectivity index (χ2n) is 4.23. The summed E-state index contributed by atoms with van der Waals surface area (Å²) in [5.41, 5.74) is 8.36. The molecule has 0 aliphatic rings. The van der Waals surface area contributed by atoms with Crippen LogP contribution < -0.4 is 5.73 Å². The lowest BCUT2D eigenvalue weighted by atomic mass is 10.00. The Labute approximate surface area is 103 Å². The van der Waals surface area contributed by atoms with Gasteiger partial charge in [0.2, 0.25) is 0 Å². The molecule has 0 bridgehead atoms. The van der Waals surface area contributed by atoms with Gasteiger partial charge in [-0.3, -0.25) is 4.90 Å². The van der Waals surface area contributed by atoms with Gasteiger partial charge in [0, 0.05) is 17.6 Å². The Hall–Kier alpha value is -0.570. The Balaban J connectivity index is 2.94. The SMILES string of the molecule is CCCN(C)C(CN)c1ccc(Cl)cc1C. The average molecular weight is 241 g/mol. The number of halogens is 1. The fourth-order valence-corrected chi connectivity index (χ4v) is 2.29. The summed E-state index contributed by atoms with van der Waals surface area (Å²) >= 11 is 5.96. The van der Waals surface area contributed by atoms with Crippen molar-refractivity contribution in [2.24, 2.45) is 5.73 Å². The van der Waals surface area contributed by atoms with Gasteiger partial charge in [-0.1, -0.05) is 24.6 Å². The van der Waals surface area contributed by atoms with Gasteiger partial charge in [0.1, 0.15) is 0 Å². The minimum Gasteiger partial charge on any atom is -0.329 e. The Morgan fingerprint density at radius 1 is 1.44 bits per heavy atom. The van der Waals surface area contributed by atoms with Crippen molar-refractivity contribution in [3.05, 3.63) is 34.3 Å². The van der Waals surface area contributed by atoms with Gasteiger partial charge in [-0.15, -0.1) is 0 Å². The third kappa shape index (κ3) is 3.21. The molecule has 2 N–H and O–H groups in total. The van der Waals surface area contributed by atoms with E-state index in [0.717, 1.165) is 18.0 Å². The Morgan fingerprint density at radius 3 is 2.62 bits per heavy atom. The fraction of sp³-hybridized carbons (Fsp3) is 0.538. The lowest BCUT2D eigenvalue weighted by Crippen LogP contribution is -2.31. The number of nitrogens with two attached hydrogens (primary N) is 1. The molecule has 1 aromatic rings. The number of hydrogen-bond acceptors (Lipinski definition) is 2. The van der Waals surface area contributed by atoms with E-state index in [2.05, 4.69) is 31.9 Å². The molecule has 90 valence electrons. The zero-order valence-electron chi connectivity index (χ0n) is 10.3. The van der Waals surface area contributed by atoms with E-state index in [1.807, 2.05) is 12.1 Å². The molecule has 0 fully saturated rings. The third-order valence-electron chi connectivity index (χ3n) is 2.92. The molecule has 1 atom stereocenters. The maximum absolute atomic E-state index is 5.96. The zero-order chi connectivity index (χ0) is 12.1. The van der Waals surface area contributed by atoms with E-state index >= 15 is 0 Å². The van der Waals surface area contributed by atoms with Crippen LogP contribution in [0.2, 0.25) is 5.02 Å². The highest BCUT2D eigenvalue weighted by Crippen LogP contribution is 2.24. The second kappa shape index (κ2) is 6.24. The van der Waals surface area contributed by atoms with Crippen LogP contribution in [0.4, 0.5) is 0 Å². The lowest BCUT2D eigenvalue weighted by molar-refractivity contribution is 0.250. The molecule has 0 heterocycles. The third-order valence-corrected chi connectivity index (χ3v) is 3.16. The molecule has 0 aliphatic carbocycles. The molecule has 0 aromatic heterocycles. The van der Waals surface area contributed by atoms with Crippen molar-refractivity contribution in [2.45, 2.75) is 26.3 Å². The van der Waals surface area contributed by atoms with E-state index < -0.39 is 0 Å². The number of nitrogens with zero attached hydrogens (tertiary/aromatic N) is 1. The number of hydrogen-bond donors (Lipinski definition) is 1. The number of rotatable bonds is 5. The summed E-state index contributed by atoms with van der Waals surface area (Å²) in [4.78, 5) is 2.30. The Bertz CT molecular complexity index is 339. The first-order valence-electron chi connectivity index (χ1n) is 5.76. The van der Waals surface area contributed by atoms with Gasteiger partial charge in [-0.25, -0.2) is 0 Å². The molecule has 2 nitrogen and oxygen atoms in total. The molecule has 1 aromatic carbocycles. The van der Waals surface area contributed by atoms with Crippen LogP contribution in [0.25, 0.3) is 0 Å². The molecule has 0 amide bonds. The first-order valence-corrected chi connectivity index (χ1v) is 6.14. The van der Waals surface area contributed by atoms with E-state index in [-0.39, 0.29) is 6.04 Å². The molecule has 0 radical (unpaired) electrons. The maximum Gasteiger partial charge on any atom is 0.0470 e. The standard InChI is InChI=1S/C13H21ClN2/c1-4-7-16(3)13(9-15)12-6-5-11(14)8-10(12)2/h5-6,8,13H,4,7,9,15H2,1-3H3. The molecule has 1 unspecified atom stereocenters. The molecular formula is C13H21ClN2. The summed E-state index contributed by atoms with van der Waals surface area (Å²) in [6.45, 7) is 5.96. The van der Waals surface area contributed by atoms with Gasteiger partial charge in [-0.05, 0) is 50.2 Å². The van der Waals surface area contributed by atoms with E-state index in [4.69, 9.17) is 17.3 Å². The van der Waals surface area contributed by atoms with Gasteiger partial charge >= 0.3 is 0 Å². The summed E-state index contributed by atoms with van der Waals surface area (Å²) in [6.07, 6.45) is 1.14. The first-order chi connectivity index (χ1) is 7.60. The number of benzene rings is 1. The molecular weight excluding hydrogens is 220 g/mol. The highest BCUT2D eigenvalue weighted by Gasteiger charge is 2.16. The molecule has 1 rings (SSSR count). The highest BCUT2D eigenvalue weighted by molar-refractivity contribution is 6.30. The molecule has 0 saturated carbocycles. The molecule has 0 spiro atoms. The van der Waals surface area contributed by atoms with E-state index in [1.54, 1.807) is 0 Å². The normalized spacial score (nSPS) is 13.1. The van der Waals surface area contributed by atoms with Crippen molar-refractivity contribution in [3.63, 3.8) is 0 Å². The van der Waals surface area contributed by atoms with Crippen LogP contribution in [0.15, 0.2) is 18.2 Å². The van der Waals surface area contributed by atoms with Crippen LogP contribution in [-0.4, -0.2) is 25.0 Å². The van der Waals surface area contributed by atoms with Crippen molar-refractivity contribution in [1.29, 1.82) is 0 Å². The van der Waals surface area contributed by atoms with Crippen LogP contribution in [0.5, 0.6) is 0 Å². The van der Waals surface area contributed by atoms with Gasteiger partial charge in [0.25, 0.3) is 0 Å². The van der Waals surface area contributed by atoms with Crippen molar-refractivity contribution >= 4 is 11.6 Å². The second-order valence-corrected chi connectivity index (χ2v) is 4.67. The molecule has 0 saturated heterocycles. The van der Waals surface area contributed by atoms with Crippen LogP contribution in [-0.2, 0) is 0 Å². The van der Waals surface area contributed by atoms with Crippen molar-refractivity contribution in [3.8, 4) is 0 Å². The van der Waals surface area contributed by atoms with Crippen LogP contribution in [0, 0.1) is 6.92 Å². The monoisotopic (exact) mass is 240 g/mol. The minimum atomic E-state index is 0.289. The smallest absolute Gasteiger partial charge is 0.0470 e. The van der Waals surface area contributed by atoms with Crippen molar-refractivity contribution < 1.29 is 0 Å². The van der Waals surface area contributed by atoms with Crippen LogP contribution >= 0.6 is 11.6 Å². The van der Waals surface area contributed by atoms with Gasteiger partial charge < -0.3 is 5.73 Å². The average Bonchev–Trinajstić information content (AvgIpc) is 2.22. The minimum absolute atomic E-state index is 0.289. The highest BCUT2D eigenvalue weighted by atomic mass is 35.5. The van der Waals surface area contributed by atoms with Crippen molar-refractivity contribution in [2.75, 3.05) is 20.1 Å². The quantitative estimate of drug-likeness (QED) is 0.858. The summed E-state index contributed by atoms with van der Waals surface area (Å²) in [6, 6.07) is 6.31. The topological polar surface area (TPSA) is 29.3 Å². The first kappa shape index (κ1) is 13.5. The van der Waals surface area contributed by atoms with E-state index in [9.17, 15) is 0 Å². The Kier molecular flexibility index (Phi) is 5.26. The summed E-state index contributed by atoms with van der Waals surface area (Å²) < 4.78 is 0. The van der Waals surface area contributed by atoms with Gasteiger partial charge in [-0.2, -0.15) is 0 Å². The van der Waals surface area contributed by atoms with Gasteiger partial charge in [0.05, 0.1) is 0 Å². The molecule has 0 aliphatic heterocycles. The van der Waals surface area contributed by atoms with Crippen LogP contribution in [0.3, 0.4) is 0 Å². The summed E-state index contributed by atoms with van der Waals surface area (Å²) in [5.74, 6) is 0. The predicted octanol–water partition coefficient (Wildman–Crippen LogP) is 2.99. The van der Waals surface area contributed by atoms with Gasteiger partial charge in [0.15, 0.2) is 0 Å². The lowest BCUT2D eigenvalue weighted by Gasteiger charge is -2.28. The van der Waals surface area contributed by atoms with E-state index in [1.165, 1.54) is 11.1 Å². The van der Waals surface area contributed by atoms with E-state index in [0.29, 0.717) is 6.54 Å². The zero-order valence-corrected chi connectivity index (χ0v) is 11.1. The number of aryl methyl sites for hydroxylation is 1. The molecule has 16 heavy (non-hydrogen) atoms.